The predicted molar refractivity (Wildman–Crippen MR) is 114 cm³/mol. The molecule has 0 aliphatic carbocycles. The molecule has 0 saturated carbocycles. The Kier molecular flexibility index (Phi) is 4.07. The molecule has 5 rings (SSSR count). The van der Waals surface area contributed by atoms with Crippen LogP contribution in [0.25, 0.3) is 33.9 Å². The normalized spacial score (nSPS) is 11.5. The van der Waals surface area contributed by atoms with Crippen LogP contribution < -0.4 is 16.0 Å². The van der Waals surface area contributed by atoms with Crippen LogP contribution in [0.4, 0.5) is 4.39 Å². The van der Waals surface area contributed by atoms with E-state index >= 15 is 0 Å². The average Bonchev–Trinajstić information content (AvgIpc) is 3.33. The standard InChI is InChI=1S/C22H18FN5O3/c1-25-19-18(20(29)26(2)22(25)30)27-12-16(13-8-10-14(23)11-9-13)28(21(27)24-19)15-6-4-5-7-17(15)31-3/h4-12H,1-3H3. The van der Waals surface area contributed by atoms with Crippen LogP contribution in [-0.4, -0.2) is 30.2 Å². The SMILES string of the molecule is COc1ccccc1-n1c(-c2ccc(F)cc2)cn2c3c(=O)n(C)c(=O)n(C)c3nc12. The number of rotatable bonds is 3. The third-order valence-corrected chi connectivity index (χ3v) is 5.43. The van der Waals surface area contributed by atoms with Gasteiger partial charge in [-0.05, 0) is 36.4 Å². The molecule has 2 aromatic carbocycles. The number of para-hydroxylation sites is 2. The van der Waals surface area contributed by atoms with E-state index in [1.807, 2.05) is 28.8 Å². The number of methoxy groups -OCH3 is 1. The van der Waals surface area contributed by atoms with Crippen molar-refractivity contribution in [3.8, 4) is 22.7 Å². The fraction of sp³-hybridized carbons (Fsp3) is 0.136. The van der Waals surface area contributed by atoms with Crippen molar-refractivity contribution in [1.29, 1.82) is 0 Å². The van der Waals surface area contributed by atoms with E-state index in [-0.39, 0.29) is 17.0 Å². The number of nitrogens with zero attached hydrogens (tertiary/aromatic N) is 5. The van der Waals surface area contributed by atoms with Crippen LogP contribution in [-0.2, 0) is 14.1 Å². The monoisotopic (exact) mass is 419 g/mol. The van der Waals surface area contributed by atoms with Crippen molar-refractivity contribution in [2.45, 2.75) is 0 Å². The highest BCUT2D eigenvalue weighted by molar-refractivity contribution is 5.80. The van der Waals surface area contributed by atoms with E-state index in [0.29, 0.717) is 22.9 Å². The van der Waals surface area contributed by atoms with Gasteiger partial charge in [0.25, 0.3) is 5.56 Å². The van der Waals surface area contributed by atoms with Gasteiger partial charge in [-0.25, -0.2) is 9.18 Å². The fourth-order valence-corrected chi connectivity index (χ4v) is 3.85. The molecule has 0 bridgehead atoms. The Labute approximate surface area is 175 Å². The molecule has 0 radical (unpaired) electrons. The second-order valence-electron chi connectivity index (χ2n) is 7.19. The van der Waals surface area contributed by atoms with E-state index in [2.05, 4.69) is 4.98 Å². The van der Waals surface area contributed by atoms with Crippen molar-refractivity contribution in [2.75, 3.05) is 7.11 Å². The molecule has 0 N–H and O–H groups in total. The van der Waals surface area contributed by atoms with Gasteiger partial charge in [-0.2, -0.15) is 4.98 Å². The van der Waals surface area contributed by atoms with Gasteiger partial charge in [0.05, 0.1) is 18.5 Å². The zero-order valence-electron chi connectivity index (χ0n) is 17.0. The second-order valence-corrected chi connectivity index (χ2v) is 7.19. The summed E-state index contributed by atoms with van der Waals surface area (Å²) in [7, 11) is 4.57. The van der Waals surface area contributed by atoms with Crippen LogP contribution in [0.3, 0.4) is 0 Å². The summed E-state index contributed by atoms with van der Waals surface area (Å²) in [5.74, 6) is 0.674. The Morgan fingerprint density at radius 3 is 2.39 bits per heavy atom. The maximum atomic E-state index is 13.6. The number of aryl methyl sites for hydroxylation is 1. The van der Waals surface area contributed by atoms with Gasteiger partial charge in [0.1, 0.15) is 11.6 Å². The van der Waals surface area contributed by atoms with E-state index in [0.717, 1.165) is 10.1 Å². The number of hydrogen-bond acceptors (Lipinski definition) is 4. The van der Waals surface area contributed by atoms with Crippen LogP contribution in [0.5, 0.6) is 5.75 Å². The van der Waals surface area contributed by atoms with Crippen LogP contribution in [0.2, 0.25) is 0 Å². The summed E-state index contributed by atoms with van der Waals surface area (Å²) in [6.07, 6.45) is 1.76. The predicted octanol–water partition coefficient (Wildman–Crippen LogP) is 2.49. The highest BCUT2D eigenvalue weighted by Crippen LogP contribution is 2.32. The molecule has 3 heterocycles. The quantitative estimate of drug-likeness (QED) is 0.450. The minimum absolute atomic E-state index is 0.275. The Morgan fingerprint density at radius 2 is 1.68 bits per heavy atom. The van der Waals surface area contributed by atoms with Gasteiger partial charge in [0, 0.05) is 25.9 Å². The van der Waals surface area contributed by atoms with E-state index < -0.39 is 11.2 Å². The summed E-state index contributed by atoms with van der Waals surface area (Å²) < 4.78 is 25.0. The third kappa shape index (κ3) is 2.63. The number of aromatic nitrogens is 5. The summed E-state index contributed by atoms with van der Waals surface area (Å²) in [5, 5.41) is 0. The third-order valence-electron chi connectivity index (χ3n) is 5.43. The van der Waals surface area contributed by atoms with Gasteiger partial charge in [0.15, 0.2) is 11.2 Å². The van der Waals surface area contributed by atoms with Crippen molar-refractivity contribution in [3.63, 3.8) is 0 Å². The molecule has 3 aromatic heterocycles. The molecule has 0 aliphatic heterocycles. The van der Waals surface area contributed by atoms with E-state index in [9.17, 15) is 14.0 Å². The molecule has 0 unspecified atom stereocenters. The largest absolute Gasteiger partial charge is 0.495 e. The lowest BCUT2D eigenvalue weighted by atomic mass is 10.1. The number of hydrogen-bond donors (Lipinski definition) is 0. The maximum Gasteiger partial charge on any atom is 0.332 e. The second kappa shape index (κ2) is 6.69. The zero-order chi connectivity index (χ0) is 21.9. The Bertz CT molecular complexity index is 1590. The molecule has 0 saturated heterocycles. The Hall–Kier alpha value is -4.14. The molecular formula is C22H18FN5O3. The molecule has 156 valence electrons. The molecule has 31 heavy (non-hydrogen) atoms. The van der Waals surface area contributed by atoms with Gasteiger partial charge in [-0.3, -0.25) is 22.9 Å². The first-order chi connectivity index (χ1) is 14.9. The fourth-order valence-electron chi connectivity index (χ4n) is 3.85. The van der Waals surface area contributed by atoms with Gasteiger partial charge in [-0.15, -0.1) is 0 Å². The molecule has 8 nitrogen and oxygen atoms in total. The maximum absolute atomic E-state index is 13.6. The number of benzene rings is 2. The smallest absolute Gasteiger partial charge is 0.332 e. The van der Waals surface area contributed by atoms with E-state index in [1.54, 1.807) is 36.9 Å². The number of fused-ring (bicyclic) bond motifs is 3. The summed E-state index contributed by atoms with van der Waals surface area (Å²) in [6.45, 7) is 0. The van der Waals surface area contributed by atoms with Crippen LogP contribution in [0.15, 0.2) is 64.3 Å². The highest BCUT2D eigenvalue weighted by Gasteiger charge is 2.23. The lowest BCUT2D eigenvalue weighted by molar-refractivity contribution is 0.413. The average molecular weight is 419 g/mol. The molecule has 0 fully saturated rings. The summed E-state index contributed by atoms with van der Waals surface area (Å²) in [6, 6.07) is 13.5. The first-order valence-electron chi connectivity index (χ1n) is 9.51. The molecule has 0 spiro atoms. The van der Waals surface area contributed by atoms with Crippen LogP contribution >= 0.6 is 0 Å². The number of halogens is 1. The van der Waals surface area contributed by atoms with Crippen molar-refractivity contribution in [1.82, 2.24) is 23.1 Å². The van der Waals surface area contributed by atoms with Crippen molar-refractivity contribution in [2.24, 2.45) is 14.1 Å². The first kappa shape index (κ1) is 18.9. The molecule has 5 aromatic rings. The first-order valence-corrected chi connectivity index (χ1v) is 9.51. The summed E-state index contributed by atoms with van der Waals surface area (Å²) >= 11 is 0. The lowest BCUT2D eigenvalue weighted by Gasteiger charge is -2.13. The lowest BCUT2D eigenvalue weighted by Crippen LogP contribution is -2.37. The van der Waals surface area contributed by atoms with Crippen LogP contribution in [0.1, 0.15) is 0 Å². The van der Waals surface area contributed by atoms with Crippen LogP contribution in [0, 0.1) is 5.82 Å². The summed E-state index contributed by atoms with van der Waals surface area (Å²) in [5.41, 5.74) is 1.75. The highest BCUT2D eigenvalue weighted by atomic mass is 19.1. The molecule has 0 amide bonds. The van der Waals surface area contributed by atoms with E-state index in [4.69, 9.17) is 4.74 Å². The molecule has 0 atom stereocenters. The Morgan fingerprint density at radius 1 is 0.968 bits per heavy atom. The minimum Gasteiger partial charge on any atom is -0.495 e. The summed E-state index contributed by atoms with van der Waals surface area (Å²) in [4.78, 5) is 30.0. The van der Waals surface area contributed by atoms with Crippen molar-refractivity contribution < 1.29 is 9.13 Å². The topological polar surface area (TPSA) is 75.5 Å². The Balaban J connectivity index is 1.98. The minimum atomic E-state index is -0.458. The van der Waals surface area contributed by atoms with E-state index in [1.165, 1.54) is 23.7 Å². The molecule has 0 aliphatic rings. The molecule has 9 heteroatoms. The van der Waals surface area contributed by atoms with Gasteiger partial charge >= 0.3 is 5.69 Å². The number of imidazole rings is 2. The van der Waals surface area contributed by atoms with Gasteiger partial charge in [0.2, 0.25) is 5.78 Å². The van der Waals surface area contributed by atoms with Crippen molar-refractivity contribution in [3.05, 3.63) is 81.4 Å². The van der Waals surface area contributed by atoms with Gasteiger partial charge in [-0.1, -0.05) is 12.1 Å². The van der Waals surface area contributed by atoms with Crippen molar-refractivity contribution >= 4 is 16.9 Å². The van der Waals surface area contributed by atoms with Gasteiger partial charge < -0.3 is 4.74 Å². The number of ether oxygens (including phenoxy) is 1. The zero-order valence-corrected chi connectivity index (χ0v) is 17.0. The molecular weight excluding hydrogens is 401 g/mol.